The molecule has 0 aliphatic rings. The second-order valence-electron chi connectivity index (χ2n) is 9.09. The molecule has 2 aromatic carbocycles. The molecule has 218 valence electrons. The van der Waals surface area contributed by atoms with Gasteiger partial charge in [0.05, 0.1) is 29.9 Å². The van der Waals surface area contributed by atoms with Crippen LogP contribution in [0.3, 0.4) is 0 Å². The van der Waals surface area contributed by atoms with E-state index in [2.05, 4.69) is 20.6 Å². The van der Waals surface area contributed by atoms with Gasteiger partial charge in [-0.1, -0.05) is 29.3 Å². The summed E-state index contributed by atoms with van der Waals surface area (Å²) in [6.45, 7) is 1.14. The van der Waals surface area contributed by atoms with Gasteiger partial charge in [-0.2, -0.15) is 4.98 Å². The van der Waals surface area contributed by atoms with Gasteiger partial charge < -0.3 is 25.0 Å². The normalized spacial score (nSPS) is 11.0. The Hall–Kier alpha value is -4.61. The van der Waals surface area contributed by atoms with Gasteiger partial charge in [0.1, 0.15) is 23.7 Å². The van der Waals surface area contributed by atoms with Gasteiger partial charge in [-0.25, -0.2) is 4.98 Å². The van der Waals surface area contributed by atoms with Crippen molar-refractivity contribution in [1.82, 2.24) is 19.9 Å². The minimum absolute atomic E-state index is 0.0215. The van der Waals surface area contributed by atoms with Gasteiger partial charge in [0.15, 0.2) is 0 Å². The van der Waals surface area contributed by atoms with E-state index in [0.29, 0.717) is 44.9 Å². The Morgan fingerprint density at radius 2 is 1.90 bits per heavy atom. The Balaban J connectivity index is 1.39. The fourth-order valence-corrected chi connectivity index (χ4v) is 4.60. The molecule has 2 aromatic heterocycles. The molecule has 3 amide bonds. The number of nitrogens with zero attached hydrogens (tertiary/aromatic N) is 4. The maximum absolute atomic E-state index is 12.9. The number of amides is 3. The van der Waals surface area contributed by atoms with E-state index in [1.807, 2.05) is 23.7 Å². The van der Waals surface area contributed by atoms with E-state index in [1.165, 1.54) is 30.2 Å². The van der Waals surface area contributed by atoms with Crippen LogP contribution in [0, 0.1) is 0 Å². The summed E-state index contributed by atoms with van der Waals surface area (Å²) in [5.41, 5.74) is 2.98. The zero-order chi connectivity index (χ0) is 30.4. The molecule has 13 heteroatoms. The van der Waals surface area contributed by atoms with Gasteiger partial charge in [0.2, 0.25) is 17.7 Å². The second kappa shape index (κ2) is 13.4. The molecule has 4 rings (SSSR count). The highest BCUT2D eigenvalue weighted by Crippen LogP contribution is 2.35. The first-order chi connectivity index (χ1) is 20.1. The number of carbonyl (C=O) groups is 3. The average molecular weight is 611 g/mol. The van der Waals surface area contributed by atoms with E-state index in [9.17, 15) is 14.4 Å². The van der Waals surface area contributed by atoms with Gasteiger partial charge >= 0.3 is 0 Å². The Labute approximate surface area is 252 Å². The maximum Gasteiger partial charge on any atom is 0.296 e. The number of rotatable bonds is 10. The number of ether oxygens (including phenoxy) is 2. The molecular formula is C29H28Cl2N6O5. The van der Waals surface area contributed by atoms with E-state index in [4.69, 9.17) is 32.7 Å². The van der Waals surface area contributed by atoms with E-state index in [-0.39, 0.29) is 24.1 Å². The Bertz CT molecular complexity index is 1670. The number of benzene rings is 2. The van der Waals surface area contributed by atoms with Crippen LogP contribution in [0.1, 0.15) is 18.1 Å². The van der Waals surface area contributed by atoms with Crippen molar-refractivity contribution in [1.29, 1.82) is 0 Å². The predicted octanol–water partition coefficient (Wildman–Crippen LogP) is 4.61. The molecule has 0 aliphatic heterocycles. The van der Waals surface area contributed by atoms with Gasteiger partial charge in [0, 0.05) is 43.9 Å². The Morgan fingerprint density at radius 3 is 2.60 bits per heavy atom. The quantitative estimate of drug-likeness (QED) is 0.251. The number of hydrogen-bond acceptors (Lipinski definition) is 7. The Morgan fingerprint density at radius 1 is 1.12 bits per heavy atom. The minimum atomic E-state index is -0.473. The van der Waals surface area contributed by atoms with Gasteiger partial charge in [-0.05, 0) is 48.0 Å². The summed E-state index contributed by atoms with van der Waals surface area (Å²) in [4.78, 5) is 46.2. The second-order valence-corrected chi connectivity index (χ2v) is 9.88. The number of nitrogens with one attached hydrogen (secondary N) is 2. The van der Waals surface area contributed by atoms with E-state index < -0.39 is 11.8 Å². The standard InChI is InChI=1S/C29H28Cl2N6O5/c1-17(38)34-24-12-8-18(14-32-24)9-13-25(39)33-15-26(40)36(2)21-11-10-20(30)19(27(21)31)16-42-23-7-5-6-22-28(23)35-29(41-4)37(22)3/h5-14H,15-16H2,1-4H3,(H,33,39)(H,32,34,38). The first-order valence-electron chi connectivity index (χ1n) is 12.6. The molecule has 0 fully saturated rings. The number of pyridine rings is 1. The first kappa shape index (κ1) is 30.4. The molecular weight excluding hydrogens is 583 g/mol. The molecule has 0 atom stereocenters. The lowest BCUT2D eigenvalue weighted by atomic mass is 10.2. The molecule has 0 radical (unpaired) electrons. The van der Waals surface area contributed by atoms with Crippen LogP contribution < -0.4 is 25.0 Å². The maximum atomic E-state index is 12.9. The topological polar surface area (TPSA) is 128 Å². The van der Waals surface area contributed by atoms with E-state index in [1.54, 1.807) is 44.5 Å². The van der Waals surface area contributed by atoms with E-state index >= 15 is 0 Å². The lowest BCUT2D eigenvalue weighted by Gasteiger charge is -2.21. The highest BCUT2D eigenvalue weighted by Gasteiger charge is 2.20. The van der Waals surface area contributed by atoms with Crippen LogP contribution in [0.4, 0.5) is 11.5 Å². The highest BCUT2D eigenvalue weighted by molar-refractivity contribution is 6.38. The number of hydrogen-bond donors (Lipinski definition) is 2. The molecule has 0 unspecified atom stereocenters. The molecule has 4 aromatic rings. The zero-order valence-corrected chi connectivity index (χ0v) is 24.8. The summed E-state index contributed by atoms with van der Waals surface area (Å²) in [7, 11) is 4.93. The molecule has 0 saturated carbocycles. The van der Waals surface area contributed by atoms with Crippen LogP contribution in [-0.2, 0) is 28.0 Å². The smallest absolute Gasteiger partial charge is 0.296 e. The van der Waals surface area contributed by atoms with Gasteiger partial charge in [-0.15, -0.1) is 0 Å². The number of anilines is 2. The molecule has 0 saturated heterocycles. The third-order valence-corrected chi connectivity index (χ3v) is 7.00. The number of imidazole rings is 1. The summed E-state index contributed by atoms with van der Waals surface area (Å²) in [5.74, 6) is -0.189. The third-order valence-electron chi connectivity index (χ3n) is 6.22. The fourth-order valence-electron chi connectivity index (χ4n) is 4.00. The molecule has 0 aliphatic carbocycles. The number of aryl methyl sites for hydroxylation is 1. The molecule has 0 spiro atoms. The molecule has 2 heterocycles. The van der Waals surface area contributed by atoms with Crippen LogP contribution in [0.5, 0.6) is 11.8 Å². The number of para-hydroxylation sites is 1. The SMILES string of the molecule is COc1nc2c(OCc3c(Cl)ccc(N(C)C(=O)CNC(=O)C=Cc4ccc(NC(C)=O)nc4)c3Cl)cccc2n1C. The van der Waals surface area contributed by atoms with Crippen molar-refractivity contribution in [3.63, 3.8) is 0 Å². The van der Waals surface area contributed by atoms with Crippen molar-refractivity contribution >= 4 is 69.5 Å². The fraction of sp³-hybridized carbons (Fsp3) is 0.207. The van der Waals surface area contributed by atoms with Gasteiger partial charge in [0.25, 0.3) is 6.01 Å². The van der Waals surface area contributed by atoms with E-state index in [0.717, 1.165) is 5.52 Å². The molecule has 2 N–H and O–H groups in total. The van der Waals surface area contributed by atoms with Crippen molar-refractivity contribution in [2.24, 2.45) is 7.05 Å². The number of halogens is 2. The van der Waals surface area contributed by atoms with Crippen molar-refractivity contribution < 1.29 is 23.9 Å². The largest absolute Gasteiger partial charge is 0.486 e. The van der Waals surface area contributed by atoms with Gasteiger partial charge in [-0.3, -0.25) is 19.0 Å². The van der Waals surface area contributed by atoms with Crippen molar-refractivity contribution in [3.05, 3.63) is 75.9 Å². The summed E-state index contributed by atoms with van der Waals surface area (Å²) in [6, 6.07) is 12.5. The number of likely N-dealkylation sites (N-methyl/N-ethyl adjacent to an activating group) is 1. The molecule has 0 bridgehead atoms. The first-order valence-corrected chi connectivity index (χ1v) is 13.4. The van der Waals surface area contributed by atoms with Crippen LogP contribution >= 0.6 is 23.2 Å². The zero-order valence-electron chi connectivity index (χ0n) is 23.3. The lowest BCUT2D eigenvalue weighted by molar-refractivity contribution is -0.122. The Kier molecular flexibility index (Phi) is 9.66. The predicted molar refractivity (Wildman–Crippen MR) is 162 cm³/mol. The number of carbonyl (C=O) groups excluding carboxylic acids is 3. The van der Waals surface area contributed by atoms with Crippen molar-refractivity contribution in [2.45, 2.75) is 13.5 Å². The number of fused-ring (bicyclic) bond motifs is 1. The number of aromatic nitrogens is 3. The van der Waals surface area contributed by atoms with Crippen LogP contribution in [0.25, 0.3) is 17.1 Å². The molecule has 11 nitrogen and oxygen atoms in total. The average Bonchev–Trinajstić information content (AvgIpc) is 3.30. The summed E-state index contributed by atoms with van der Waals surface area (Å²) >= 11 is 13.1. The van der Waals surface area contributed by atoms with Crippen LogP contribution in [-0.4, -0.2) is 53.0 Å². The summed E-state index contributed by atoms with van der Waals surface area (Å²) in [5, 5.41) is 5.73. The minimum Gasteiger partial charge on any atom is -0.486 e. The summed E-state index contributed by atoms with van der Waals surface area (Å²) in [6.07, 6.45) is 4.33. The highest BCUT2D eigenvalue weighted by atomic mass is 35.5. The molecule has 42 heavy (non-hydrogen) atoms. The summed E-state index contributed by atoms with van der Waals surface area (Å²) < 4.78 is 13.2. The van der Waals surface area contributed by atoms with Crippen LogP contribution in [0.15, 0.2) is 54.7 Å². The third kappa shape index (κ3) is 6.99. The van der Waals surface area contributed by atoms with Crippen LogP contribution in [0.2, 0.25) is 10.0 Å². The van der Waals surface area contributed by atoms with Crippen molar-refractivity contribution in [3.8, 4) is 11.8 Å². The monoisotopic (exact) mass is 610 g/mol. The van der Waals surface area contributed by atoms with Crippen molar-refractivity contribution in [2.75, 3.05) is 30.9 Å². The lowest BCUT2D eigenvalue weighted by Crippen LogP contribution is -2.37. The number of methoxy groups -OCH3 is 1.